The predicted molar refractivity (Wildman–Crippen MR) is 111 cm³/mol. The van der Waals surface area contributed by atoms with Crippen molar-refractivity contribution in [2.24, 2.45) is 0 Å². The molecule has 3 aromatic rings. The van der Waals surface area contributed by atoms with Crippen LogP contribution in [0.25, 0.3) is 11.1 Å². The van der Waals surface area contributed by atoms with Crippen LogP contribution in [0.1, 0.15) is 46.7 Å². The van der Waals surface area contributed by atoms with Crippen molar-refractivity contribution in [3.63, 3.8) is 0 Å². The molecule has 1 aliphatic rings. The van der Waals surface area contributed by atoms with Crippen molar-refractivity contribution < 1.29 is 13.6 Å². The maximum Gasteiger partial charge on any atom is 0.292 e. The Hall–Kier alpha value is -3.29. The number of anilines is 1. The van der Waals surface area contributed by atoms with E-state index in [1.54, 1.807) is 31.0 Å². The van der Waals surface area contributed by atoms with Crippen molar-refractivity contribution in [2.45, 2.75) is 32.7 Å². The summed E-state index contributed by atoms with van der Waals surface area (Å²) in [6.45, 7) is 4.08. The maximum atomic E-state index is 13.9. The van der Waals surface area contributed by atoms with Gasteiger partial charge < -0.3 is 14.2 Å². The largest absolute Gasteiger partial charge is 0.436 e. The average molecular weight is 409 g/mol. The van der Waals surface area contributed by atoms with E-state index in [-0.39, 0.29) is 23.5 Å². The quantitative estimate of drug-likeness (QED) is 0.650. The van der Waals surface area contributed by atoms with Gasteiger partial charge in [-0.1, -0.05) is 12.1 Å². The van der Waals surface area contributed by atoms with E-state index in [1.807, 2.05) is 25.1 Å². The molecule has 3 heterocycles. The summed E-state index contributed by atoms with van der Waals surface area (Å²) in [5, 5.41) is 0. The van der Waals surface area contributed by atoms with Crippen LogP contribution in [0.4, 0.5) is 10.3 Å². The predicted octanol–water partition coefficient (Wildman–Crippen LogP) is 3.93. The fourth-order valence-electron chi connectivity index (χ4n) is 3.89. The van der Waals surface area contributed by atoms with Crippen LogP contribution in [0.5, 0.6) is 0 Å². The topological polar surface area (TPSA) is 75.4 Å². The Balaban J connectivity index is 1.80. The summed E-state index contributed by atoms with van der Waals surface area (Å²) < 4.78 is 19.5. The lowest BCUT2D eigenvalue weighted by atomic mass is 9.99. The van der Waals surface area contributed by atoms with Gasteiger partial charge in [-0.15, -0.1) is 0 Å². The SMILES string of the molecule is Cc1nc(C)c(C(=O)N2CCC[C@H]2c2nc(N(C)C)ncc2-c2cccc(F)c2)o1. The second-order valence-corrected chi connectivity index (χ2v) is 7.68. The van der Waals surface area contributed by atoms with Crippen LogP contribution < -0.4 is 4.90 Å². The first-order valence-electron chi connectivity index (χ1n) is 9.90. The highest BCUT2D eigenvalue weighted by Crippen LogP contribution is 2.38. The number of likely N-dealkylation sites (tertiary alicyclic amines) is 1. The van der Waals surface area contributed by atoms with Crippen molar-refractivity contribution in [1.82, 2.24) is 19.9 Å². The Labute approximate surface area is 174 Å². The van der Waals surface area contributed by atoms with Gasteiger partial charge in [-0.05, 0) is 37.5 Å². The zero-order valence-corrected chi connectivity index (χ0v) is 17.5. The fourth-order valence-corrected chi connectivity index (χ4v) is 3.89. The Morgan fingerprint density at radius 3 is 2.73 bits per heavy atom. The van der Waals surface area contributed by atoms with Crippen LogP contribution in [0.2, 0.25) is 0 Å². The molecule has 0 spiro atoms. The van der Waals surface area contributed by atoms with Gasteiger partial charge in [-0.3, -0.25) is 4.79 Å². The van der Waals surface area contributed by atoms with Gasteiger partial charge in [0.05, 0.1) is 17.4 Å². The van der Waals surface area contributed by atoms with Crippen LogP contribution in [0, 0.1) is 19.7 Å². The third-order valence-electron chi connectivity index (χ3n) is 5.27. The first-order valence-corrected chi connectivity index (χ1v) is 9.90. The Bertz CT molecular complexity index is 1090. The van der Waals surface area contributed by atoms with E-state index in [9.17, 15) is 9.18 Å². The molecule has 1 atom stereocenters. The van der Waals surface area contributed by atoms with Crippen LogP contribution in [-0.2, 0) is 0 Å². The van der Waals surface area contributed by atoms with E-state index < -0.39 is 0 Å². The van der Waals surface area contributed by atoms with Crippen LogP contribution >= 0.6 is 0 Å². The first-order chi connectivity index (χ1) is 14.3. The fraction of sp³-hybridized carbons (Fsp3) is 0.364. The molecule has 1 aromatic carbocycles. The lowest BCUT2D eigenvalue weighted by Crippen LogP contribution is -2.32. The summed E-state index contributed by atoms with van der Waals surface area (Å²) in [6, 6.07) is 6.08. The highest BCUT2D eigenvalue weighted by Gasteiger charge is 2.36. The maximum absolute atomic E-state index is 13.9. The summed E-state index contributed by atoms with van der Waals surface area (Å²) in [7, 11) is 3.72. The van der Waals surface area contributed by atoms with Gasteiger partial charge in [0.2, 0.25) is 11.7 Å². The number of oxazole rings is 1. The molecule has 4 rings (SSSR count). The molecule has 1 fully saturated rings. The molecule has 0 bridgehead atoms. The molecule has 0 N–H and O–H groups in total. The molecule has 30 heavy (non-hydrogen) atoms. The molecule has 2 aromatic heterocycles. The van der Waals surface area contributed by atoms with E-state index in [1.165, 1.54) is 12.1 Å². The van der Waals surface area contributed by atoms with Crippen molar-refractivity contribution in [3.8, 4) is 11.1 Å². The summed E-state index contributed by atoms with van der Waals surface area (Å²) in [5.74, 6) is 0.724. The molecule has 8 heteroatoms. The zero-order valence-electron chi connectivity index (χ0n) is 17.5. The molecule has 0 saturated carbocycles. The third kappa shape index (κ3) is 3.65. The highest BCUT2D eigenvalue weighted by atomic mass is 19.1. The minimum absolute atomic E-state index is 0.203. The van der Waals surface area contributed by atoms with Gasteiger partial charge in [0.25, 0.3) is 5.91 Å². The molecule has 0 radical (unpaired) electrons. The number of hydrogen-bond donors (Lipinski definition) is 0. The van der Waals surface area contributed by atoms with Crippen molar-refractivity contribution in [3.05, 3.63) is 59.3 Å². The van der Waals surface area contributed by atoms with E-state index >= 15 is 0 Å². The van der Waals surface area contributed by atoms with Gasteiger partial charge in [0.15, 0.2) is 5.89 Å². The number of hydrogen-bond acceptors (Lipinski definition) is 6. The summed E-state index contributed by atoms with van der Waals surface area (Å²) >= 11 is 0. The third-order valence-corrected chi connectivity index (χ3v) is 5.27. The van der Waals surface area contributed by atoms with Crippen LogP contribution in [0.3, 0.4) is 0 Å². The van der Waals surface area contributed by atoms with Gasteiger partial charge in [-0.2, -0.15) is 0 Å². The molecule has 7 nitrogen and oxygen atoms in total. The number of aromatic nitrogens is 3. The zero-order chi connectivity index (χ0) is 21.4. The van der Waals surface area contributed by atoms with E-state index in [2.05, 4.69) is 9.97 Å². The minimum atomic E-state index is -0.331. The van der Waals surface area contributed by atoms with E-state index in [0.717, 1.165) is 18.4 Å². The number of nitrogens with zero attached hydrogens (tertiary/aromatic N) is 5. The Kier molecular flexibility index (Phi) is 5.24. The molecule has 1 aliphatic heterocycles. The second-order valence-electron chi connectivity index (χ2n) is 7.68. The van der Waals surface area contributed by atoms with Crippen LogP contribution in [0.15, 0.2) is 34.9 Å². The molecule has 1 saturated heterocycles. The van der Waals surface area contributed by atoms with Crippen molar-refractivity contribution in [2.75, 3.05) is 25.5 Å². The number of aryl methyl sites for hydroxylation is 2. The standard InChI is InChI=1S/C22H24FN5O2/c1-13-20(30-14(2)25-13)21(29)28-10-6-9-18(28)19-17(12-24-22(26-19)27(3)4)15-7-5-8-16(23)11-15/h5,7-8,11-12,18H,6,9-10H2,1-4H3/t18-/m0/s1. The average Bonchev–Trinajstić information content (AvgIpc) is 3.33. The number of halogens is 1. The minimum Gasteiger partial charge on any atom is -0.436 e. The normalized spacial score (nSPS) is 16.2. The van der Waals surface area contributed by atoms with Gasteiger partial charge in [0.1, 0.15) is 5.82 Å². The number of carbonyl (C=O) groups excluding carboxylic acids is 1. The lowest BCUT2D eigenvalue weighted by molar-refractivity contribution is 0.0698. The first kappa shape index (κ1) is 20.0. The summed E-state index contributed by atoms with van der Waals surface area (Å²) in [6.07, 6.45) is 3.30. The van der Waals surface area contributed by atoms with E-state index in [0.29, 0.717) is 35.3 Å². The van der Waals surface area contributed by atoms with Gasteiger partial charge in [-0.25, -0.2) is 19.3 Å². The molecule has 0 aliphatic carbocycles. The highest BCUT2D eigenvalue weighted by molar-refractivity contribution is 5.93. The second kappa shape index (κ2) is 7.85. The summed E-state index contributed by atoms with van der Waals surface area (Å²) in [5.41, 5.74) is 2.68. The van der Waals surface area contributed by atoms with Crippen molar-refractivity contribution >= 4 is 11.9 Å². The Morgan fingerprint density at radius 2 is 2.07 bits per heavy atom. The molecular weight excluding hydrogens is 385 g/mol. The van der Waals surface area contributed by atoms with Gasteiger partial charge >= 0.3 is 0 Å². The Morgan fingerprint density at radius 1 is 1.27 bits per heavy atom. The molecule has 0 unspecified atom stereocenters. The van der Waals surface area contributed by atoms with Gasteiger partial charge in [0, 0.05) is 39.3 Å². The summed E-state index contributed by atoms with van der Waals surface area (Å²) in [4.78, 5) is 30.3. The smallest absolute Gasteiger partial charge is 0.292 e. The van der Waals surface area contributed by atoms with Crippen LogP contribution in [-0.4, -0.2) is 46.4 Å². The molecule has 1 amide bonds. The number of amides is 1. The number of rotatable bonds is 4. The number of carbonyl (C=O) groups is 1. The molecular formula is C22H24FN5O2. The number of benzene rings is 1. The monoisotopic (exact) mass is 409 g/mol. The molecule has 156 valence electrons. The lowest BCUT2D eigenvalue weighted by Gasteiger charge is -2.26. The van der Waals surface area contributed by atoms with Crippen molar-refractivity contribution in [1.29, 1.82) is 0 Å². The van der Waals surface area contributed by atoms with E-state index in [4.69, 9.17) is 9.40 Å².